The second-order valence-electron chi connectivity index (χ2n) is 4.05. The standard InChI is InChI=1S/C14H17BrN2/c1-2-17-11-10-16-14(17)9-8-13(15)12-6-4-3-5-7-12/h3-7,10-11,13H,2,8-9H2,1H3. The lowest BCUT2D eigenvalue weighted by Crippen LogP contribution is -2.02. The largest absolute Gasteiger partial charge is 0.335 e. The van der Waals surface area contributed by atoms with Crippen molar-refractivity contribution in [3.63, 3.8) is 0 Å². The van der Waals surface area contributed by atoms with Gasteiger partial charge < -0.3 is 4.57 Å². The number of benzene rings is 1. The van der Waals surface area contributed by atoms with Gasteiger partial charge in [-0.2, -0.15) is 0 Å². The zero-order valence-corrected chi connectivity index (χ0v) is 11.6. The van der Waals surface area contributed by atoms with E-state index >= 15 is 0 Å². The first-order chi connectivity index (χ1) is 8.31. The fourth-order valence-electron chi connectivity index (χ4n) is 1.94. The molecule has 17 heavy (non-hydrogen) atoms. The van der Waals surface area contributed by atoms with E-state index in [9.17, 15) is 0 Å². The van der Waals surface area contributed by atoms with Crippen LogP contribution in [0.5, 0.6) is 0 Å². The Labute approximate surface area is 111 Å². The van der Waals surface area contributed by atoms with Gasteiger partial charge in [-0.05, 0) is 18.9 Å². The van der Waals surface area contributed by atoms with Crippen molar-refractivity contribution in [1.82, 2.24) is 9.55 Å². The summed E-state index contributed by atoms with van der Waals surface area (Å²) in [6.07, 6.45) is 6.00. The van der Waals surface area contributed by atoms with E-state index in [4.69, 9.17) is 0 Å². The summed E-state index contributed by atoms with van der Waals surface area (Å²) in [7, 11) is 0. The Bertz CT molecular complexity index is 450. The van der Waals surface area contributed by atoms with Crippen molar-refractivity contribution in [1.29, 1.82) is 0 Å². The third kappa shape index (κ3) is 3.19. The Morgan fingerprint density at radius 1 is 1.29 bits per heavy atom. The van der Waals surface area contributed by atoms with Crippen LogP contribution in [0.1, 0.15) is 29.6 Å². The van der Waals surface area contributed by atoms with Crippen LogP contribution in [0.4, 0.5) is 0 Å². The molecule has 0 amide bonds. The Morgan fingerprint density at radius 2 is 2.06 bits per heavy atom. The second kappa shape index (κ2) is 6.01. The van der Waals surface area contributed by atoms with Gasteiger partial charge in [0.05, 0.1) is 0 Å². The van der Waals surface area contributed by atoms with Gasteiger partial charge in [0.25, 0.3) is 0 Å². The number of hydrogen-bond acceptors (Lipinski definition) is 1. The Hall–Kier alpha value is -1.09. The molecule has 1 aromatic carbocycles. The van der Waals surface area contributed by atoms with Crippen LogP contribution >= 0.6 is 15.9 Å². The first kappa shape index (κ1) is 12.4. The Balaban J connectivity index is 1.95. The predicted molar refractivity (Wildman–Crippen MR) is 74.3 cm³/mol. The van der Waals surface area contributed by atoms with Crippen molar-refractivity contribution >= 4 is 15.9 Å². The van der Waals surface area contributed by atoms with Crippen molar-refractivity contribution in [3.8, 4) is 0 Å². The SMILES string of the molecule is CCn1ccnc1CCC(Br)c1ccccc1. The highest BCUT2D eigenvalue weighted by molar-refractivity contribution is 9.09. The van der Waals surface area contributed by atoms with Crippen LogP contribution < -0.4 is 0 Å². The molecule has 0 radical (unpaired) electrons. The minimum Gasteiger partial charge on any atom is -0.335 e. The number of aryl methyl sites for hydroxylation is 2. The molecule has 0 fully saturated rings. The molecule has 0 saturated carbocycles. The minimum atomic E-state index is 0.408. The van der Waals surface area contributed by atoms with E-state index in [2.05, 4.69) is 56.7 Å². The van der Waals surface area contributed by atoms with Crippen molar-refractivity contribution in [2.45, 2.75) is 31.1 Å². The molecule has 2 rings (SSSR count). The van der Waals surface area contributed by atoms with Crippen molar-refractivity contribution in [3.05, 3.63) is 54.1 Å². The Morgan fingerprint density at radius 3 is 2.76 bits per heavy atom. The van der Waals surface area contributed by atoms with Crippen molar-refractivity contribution < 1.29 is 0 Å². The summed E-state index contributed by atoms with van der Waals surface area (Å²) in [4.78, 5) is 4.80. The third-order valence-electron chi connectivity index (χ3n) is 2.93. The van der Waals surface area contributed by atoms with Crippen LogP contribution in [0.3, 0.4) is 0 Å². The van der Waals surface area contributed by atoms with E-state index in [-0.39, 0.29) is 0 Å². The first-order valence-electron chi connectivity index (χ1n) is 6.00. The van der Waals surface area contributed by atoms with Gasteiger partial charge in [-0.1, -0.05) is 46.3 Å². The molecule has 0 aliphatic rings. The summed E-state index contributed by atoms with van der Waals surface area (Å²) in [5.74, 6) is 1.17. The molecule has 1 aromatic heterocycles. The van der Waals surface area contributed by atoms with Crippen LogP contribution in [-0.4, -0.2) is 9.55 Å². The molecule has 1 atom stereocenters. The van der Waals surface area contributed by atoms with E-state index in [1.165, 1.54) is 11.4 Å². The molecule has 0 saturated heterocycles. The molecule has 0 aliphatic heterocycles. The molecule has 3 heteroatoms. The first-order valence-corrected chi connectivity index (χ1v) is 6.92. The van der Waals surface area contributed by atoms with Gasteiger partial charge in [-0.15, -0.1) is 0 Å². The molecule has 90 valence electrons. The zero-order valence-electron chi connectivity index (χ0n) is 10.0. The summed E-state index contributed by atoms with van der Waals surface area (Å²) in [6.45, 7) is 3.14. The van der Waals surface area contributed by atoms with Crippen LogP contribution in [0, 0.1) is 0 Å². The maximum Gasteiger partial charge on any atom is 0.108 e. The minimum absolute atomic E-state index is 0.408. The van der Waals surface area contributed by atoms with E-state index in [1.54, 1.807) is 0 Å². The van der Waals surface area contributed by atoms with Gasteiger partial charge in [0.15, 0.2) is 0 Å². The van der Waals surface area contributed by atoms with E-state index in [1.807, 2.05) is 18.5 Å². The molecule has 2 nitrogen and oxygen atoms in total. The number of hydrogen-bond donors (Lipinski definition) is 0. The molecule has 0 N–H and O–H groups in total. The number of imidazole rings is 1. The van der Waals surface area contributed by atoms with Crippen molar-refractivity contribution in [2.75, 3.05) is 0 Å². The number of rotatable bonds is 5. The molecular formula is C14H17BrN2. The highest BCUT2D eigenvalue weighted by Gasteiger charge is 2.09. The molecule has 0 aliphatic carbocycles. The second-order valence-corrected chi connectivity index (χ2v) is 5.15. The Kier molecular flexibility index (Phi) is 4.37. The van der Waals surface area contributed by atoms with Gasteiger partial charge >= 0.3 is 0 Å². The van der Waals surface area contributed by atoms with Gasteiger partial charge in [0, 0.05) is 30.2 Å². The van der Waals surface area contributed by atoms with Gasteiger partial charge in [-0.25, -0.2) is 4.98 Å². The predicted octanol–water partition coefficient (Wildman–Crippen LogP) is 3.97. The van der Waals surface area contributed by atoms with Gasteiger partial charge in [0.2, 0.25) is 0 Å². The molecule has 0 bridgehead atoms. The highest BCUT2D eigenvalue weighted by Crippen LogP contribution is 2.27. The van der Waals surface area contributed by atoms with Crippen LogP contribution in [0.25, 0.3) is 0 Å². The fraction of sp³-hybridized carbons (Fsp3) is 0.357. The quantitative estimate of drug-likeness (QED) is 0.763. The molecule has 1 heterocycles. The molecule has 2 aromatic rings. The number of nitrogens with zero attached hydrogens (tertiary/aromatic N) is 2. The van der Waals surface area contributed by atoms with E-state index in [0.29, 0.717) is 4.83 Å². The normalized spacial score (nSPS) is 12.6. The lowest BCUT2D eigenvalue weighted by atomic mass is 10.1. The maximum absolute atomic E-state index is 4.39. The van der Waals surface area contributed by atoms with E-state index < -0.39 is 0 Å². The van der Waals surface area contributed by atoms with Gasteiger partial charge in [0.1, 0.15) is 5.82 Å². The van der Waals surface area contributed by atoms with Crippen LogP contribution in [0.2, 0.25) is 0 Å². The third-order valence-corrected chi connectivity index (χ3v) is 3.91. The van der Waals surface area contributed by atoms with E-state index in [0.717, 1.165) is 19.4 Å². The number of halogens is 1. The molecular weight excluding hydrogens is 276 g/mol. The lowest BCUT2D eigenvalue weighted by Gasteiger charge is -2.10. The smallest absolute Gasteiger partial charge is 0.108 e. The fourth-order valence-corrected chi connectivity index (χ4v) is 2.47. The lowest BCUT2D eigenvalue weighted by molar-refractivity contribution is 0.666. The average Bonchev–Trinajstić information content (AvgIpc) is 2.84. The zero-order chi connectivity index (χ0) is 12.1. The number of aromatic nitrogens is 2. The summed E-state index contributed by atoms with van der Waals surface area (Å²) >= 11 is 3.74. The monoisotopic (exact) mass is 292 g/mol. The molecule has 1 unspecified atom stereocenters. The summed E-state index contributed by atoms with van der Waals surface area (Å²) < 4.78 is 2.20. The topological polar surface area (TPSA) is 17.8 Å². The van der Waals surface area contributed by atoms with Crippen LogP contribution in [-0.2, 0) is 13.0 Å². The van der Waals surface area contributed by atoms with Gasteiger partial charge in [-0.3, -0.25) is 0 Å². The van der Waals surface area contributed by atoms with Crippen molar-refractivity contribution in [2.24, 2.45) is 0 Å². The summed E-state index contributed by atoms with van der Waals surface area (Å²) in [5.41, 5.74) is 1.34. The average molecular weight is 293 g/mol. The molecule has 0 spiro atoms. The highest BCUT2D eigenvalue weighted by atomic mass is 79.9. The summed E-state index contributed by atoms with van der Waals surface area (Å²) in [5, 5.41) is 0. The maximum atomic E-state index is 4.39. The number of alkyl halides is 1. The van der Waals surface area contributed by atoms with Crippen LogP contribution in [0.15, 0.2) is 42.7 Å². The summed E-state index contributed by atoms with van der Waals surface area (Å²) in [6, 6.07) is 10.5.